The number of ether oxygens (including phenoxy) is 1. The van der Waals surface area contributed by atoms with Crippen molar-refractivity contribution in [3.63, 3.8) is 0 Å². The molecule has 168 valence electrons. The highest BCUT2D eigenvalue weighted by molar-refractivity contribution is 5.99. The van der Waals surface area contributed by atoms with Gasteiger partial charge in [-0.2, -0.15) is 10.4 Å². The molecule has 0 saturated carbocycles. The minimum absolute atomic E-state index is 0.184. The van der Waals surface area contributed by atoms with Gasteiger partial charge in [0.2, 0.25) is 0 Å². The van der Waals surface area contributed by atoms with Gasteiger partial charge in [-0.3, -0.25) is 9.48 Å². The summed E-state index contributed by atoms with van der Waals surface area (Å²) in [6.45, 7) is 0. The van der Waals surface area contributed by atoms with Crippen LogP contribution in [0, 0.1) is 17.2 Å². The number of carbonyl (C=O) groups excluding carboxylic acids is 1. The second-order valence-electron chi connectivity index (χ2n) is 8.08. The molecule has 1 saturated heterocycles. The fourth-order valence-electron chi connectivity index (χ4n) is 4.21. The number of hydrogen-bond acceptors (Lipinski definition) is 8. The van der Waals surface area contributed by atoms with Gasteiger partial charge in [-0.25, -0.2) is 9.97 Å². The van der Waals surface area contributed by atoms with Gasteiger partial charge in [-0.15, -0.1) is 0 Å². The Morgan fingerprint density at radius 2 is 2.27 bits per heavy atom. The Kier molecular flexibility index (Phi) is 5.16. The summed E-state index contributed by atoms with van der Waals surface area (Å²) in [5, 5.41) is 27.5. The molecule has 0 aromatic carbocycles. The van der Waals surface area contributed by atoms with E-state index in [4.69, 9.17) is 15.7 Å². The fraction of sp³-hybridized carbons (Fsp3) is 0.318. The van der Waals surface area contributed by atoms with E-state index in [1.54, 1.807) is 27.6 Å². The van der Waals surface area contributed by atoms with Crippen LogP contribution >= 0.6 is 0 Å². The third kappa shape index (κ3) is 3.75. The van der Waals surface area contributed by atoms with Crippen molar-refractivity contribution in [2.45, 2.75) is 31.3 Å². The van der Waals surface area contributed by atoms with Gasteiger partial charge in [-0.1, -0.05) is 6.08 Å². The molecule has 1 aliphatic heterocycles. The molecule has 0 spiro atoms. The molecule has 1 fully saturated rings. The Hall–Kier alpha value is -4.01. The van der Waals surface area contributed by atoms with Crippen LogP contribution in [0.5, 0.6) is 0 Å². The predicted molar refractivity (Wildman–Crippen MR) is 118 cm³/mol. The van der Waals surface area contributed by atoms with E-state index in [2.05, 4.69) is 26.5 Å². The first-order chi connectivity index (χ1) is 15.9. The number of nitrogens with one attached hydrogen (secondary N) is 1. The van der Waals surface area contributed by atoms with Crippen LogP contribution < -0.4 is 11.1 Å². The monoisotopic (exact) mass is 446 g/mol. The number of aliphatic hydroxyl groups excluding tert-OH is 1. The maximum atomic E-state index is 12.8. The zero-order chi connectivity index (χ0) is 23.1. The van der Waals surface area contributed by atoms with Crippen LogP contribution in [0.1, 0.15) is 19.1 Å². The molecule has 0 bridgehead atoms. The number of fused-ring (bicyclic) bond motifs is 1. The molecule has 1 amide bonds. The number of carbonyl (C=O) groups is 1. The number of allylic oxidation sites excluding steroid dienone is 3. The van der Waals surface area contributed by atoms with Gasteiger partial charge in [0.05, 0.1) is 29.2 Å². The lowest BCUT2D eigenvalue weighted by Crippen LogP contribution is -2.39. The van der Waals surface area contributed by atoms with Gasteiger partial charge in [0.1, 0.15) is 24.0 Å². The van der Waals surface area contributed by atoms with Crippen LogP contribution in [-0.2, 0) is 16.6 Å². The Morgan fingerprint density at radius 3 is 3.03 bits per heavy atom. The number of hydrogen-bond donors (Lipinski definition) is 3. The smallest absolute Gasteiger partial charge is 0.256 e. The number of nitrogen functional groups attached to an aromatic ring is 1. The normalized spacial score (nSPS) is 24.6. The minimum Gasteiger partial charge on any atom is -0.390 e. The number of nitriles is 1. The Labute approximate surface area is 188 Å². The van der Waals surface area contributed by atoms with E-state index in [0.29, 0.717) is 34.7 Å². The summed E-state index contributed by atoms with van der Waals surface area (Å²) in [6, 6.07) is 4.01. The zero-order valence-corrected chi connectivity index (χ0v) is 17.8. The van der Waals surface area contributed by atoms with Crippen molar-refractivity contribution in [1.82, 2.24) is 29.6 Å². The highest BCUT2D eigenvalue weighted by atomic mass is 16.5. The number of nitrogens with two attached hydrogens (primary N) is 1. The van der Waals surface area contributed by atoms with Crippen molar-refractivity contribution in [2.24, 2.45) is 13.0 Å². The van der Waals surface area contributed by atoms with Gasteiger partial charge in [0.25, 0.3) is 5.91 Å². The lowest BCUT2D eigenvalue weighted by Gasteiger charge is -2.18. The highest BCUT2D eigenvalue weighted by Gasteiger charge is 2.40. The van der Waals surface area contributed by atoms with Crippen molar-refractivity contribution in [1.29, 1.82) is 5.26 Å². The topological polar surface area (TPSA) is 157 Å². The van der Waals surface area contributed by atoms with Crippen molar-refractivity contribution in [2.75, 3.05) is 5.73 Å². The molecule has 4 heterocycles. The maximum Gasteiger partial charge on any atom is 0.256 e. The minimum atomic E-state index is -1.08. The Morgan fingerprint density at radius 1 is 1.42 bits per heavy atom. The highest BCUT2D eigenvalue weighted by Crippen LogP contribution is 2.37. The summed E-state index contributed by atoms with van der Waals surface area (Å²) in [6.07, 6.45) is 8.28. The van der Waals surface area contributed by atoms with Crippen molar-refractivity contribution < 1.29 is 14.6 Å². The van der Waals surface area contributed by atoms with Gasteiger partial charge in [0.15, 0.2) is 6.10 Å². The van der Waals surface area contributed by atoms with E-state index in [-0.39, 0.29) is 12.3 Å². The summed E-state index contributed by atoms with van der Waals surface area (Å²) in [5.41, 5.74) is 8.62. The van der Waals surface area contributed by atoms with E-state index in [1.807, 2.05) is 25.4 Å². The molecular weight excluding hydrogens is 424 g/mol. The molecule has 3 aromatic rings. The second kappa shape index (κ2) is 8.16. The quantitative estimate of drug-likeness (QED) is 0.539. The Bertz CT molecular complexity index is 1330. The van der Waals surface area contributed by atoms with Crippen LogP contribution in [0.4, 0.5) is 5.82 Å². The number of anilines is 1. The SMILES string of the molecule is Cn1ccc(-c2cn([C@H]3C[C@H](O)[C@@H](C(=O)NC4=CC(C#N)CC=C4)O3)c3ncnc(N)c23)n1. The summed E-state index contributed by atoms with van der Waals surface area (Å²) in [7, 11) is 1.82. The first-order valence-corrected chi connectivity index (χ1v) is 10.5. The number of amides is 1. The molecule has 11 nitrogen and oxygen atoms in total. The summed E-state index contributed by atoms with van der Waals surface area (Å²) >= 11 is 0. The first-order valence-electron chi connectivity index (χ1n) is 10.5. The summed E-state index contributed by atoms with van der Waals surface area (Å²) in [4.78, 5) is 21.3. The largest absolute Gasteiger partial charge is 0.390 e. The van der Waals surface area contributed by atoms with E-state index in [0.717, 1.165) is 5.56 Å². The molecule has 4 atom stereocenters. The Balaban J connectivity index is 1.43. The molecule has 1 unspecified atom stereocenters. The molecule has 11 heteroatoms. The van der Waals surface area contributed by atoms with Crippen molar-refractivity contribution >= 4 is 22.8 Å². The number of aromatic nitrogens is 5. The van der Waals surface area contributed by atoms with Crippen LogP contribution in [-0.4, -0.2) is 47.5 Å². The molecule has 3 aromatic heterocycles. The zero-order valence-electron chi connectivity index (χ0n) is 17.8. The van der Waals surface area contributed by atoms with Crippen LogP contribution in [0.15, 0.2) is 48.7 Å². The number of rotatable bonds is 4. The van der Waals surface area contributed by atoms with Gasteiger partial charge < -0.3 is 25.5 Å². The van der Waals surface area contributed by atoms with Crippen LogP contribution in [0.3, 0.4) is 0 Å². The standard InChI is InChI=1S/C22H22N8O3/c1-29-6-5-15(28-29)14-10-30(21-18(14)20(24)25-11-26-21)17-8-16(31)19(33-17)22(32)27-13-4-2-3-12(7-13)9-23/h2,4-7,10-12,16-17,19,31H,3,8H2,1H3,(H,27,32)(H2,24,25,26)/t12?,16-,17+,19-/m0/s1. The van der Waals surface area contributed by atoms with Gasteiger partial charge in [0, 0.05) is 37.1 Å². The molecule has 2 aliphatic rings. The number of nitrogens with zero attached hydrogens (tertiary/aromatic N) is 6. The van der Waals surface area contributed by atoms with E-state index >= 15 is 0 Å². The fourth-order valence-corrected chi connectivity index (χ4v) is 4.21. The lowest BCUT2D eigenvalue weighted by molar-refractivity contribution is -0.136. The maximum absolute atomic E-state index is 12.8. The number of aryl methyl sites for hydroxylation is 1. The van der Waals surface area contributed by atoms with E-state index < -0.39 is 24.3 Å². The summed E-state index contributed by atoms with van der Waals surface area (Å²) in [5.74, 6) is -0.473. The second-order valence-corrected chi connectivity index (χ2v) is 8.08. The lowest BCUT2D eigenvalue weighted by atomic mass is 10.0. The molecule has 5 rings (SSSR count). The molecule has 0 radical (unpaired) electrons. The first kappa shape index (κ1) is 20.9. The molecule has 4 N–H and O–H groups in total. The average molecular weight is 446 g/mol. The van der Waals surface area contributed by atoms with Crippen LogP contribution in [0.25, 0.3) is 22.3 Å². The van der Waals surface area contributed by atoms with E-state index in [9.17, 15) is 9.90 Å². The number of aliphatic hydroxyl groups is 1. The molecular formula is C22H22N8O3. The predicted octanol–water partition coefficient (Wildman–Crippen LogP) is 1.16. The molecule has 33 heavy (non-hydrogen) atoms. The molecule has 1 aliphatic carbocycles. The van der Waals surface area contributed by atoms with Crippen molar-refractivity contribution in [3.05, 3.63) is 48.7 Å². The third-order valence-electron chi connectivity index (χ3n) is 5.79. The van der Waals surface area contributed by atoms with Gasteiger partial charge >= 0.3 is 0 Å². The van der Waals surface area contributed by atoms with Gasteiger partial charge in [-0.05, 0) is 24.6 Å². The third-order valence-corrected chi connectivity index (χ3v) is 5.79. The van der Waals surface area contributed by atoms with Crippen LogP contribution in [0.2, 0.25) is 0 Å². The summed E-state index contributed by atoms with van der Waals surface area (Å²) < 4.78 is 9.41. The average Bonchev–Trinajstić information content (AvgIpc) is 3.50. The van der Waals surface area contributed by atoms with E-state index in [1.165, 1.54) is 6.33 Å². The van der Waals surface area contributed by atoms with Crippen molar-refractivity contribution in [3.8, 4) is 17.3 Å².